The molecule has 2 atom stereocenters. The minimum absolute atomic E-state index is 0.0166. The van der Waals surface area contributed by atoms with Crippen LogP contribution >= 0.6 is 0 Å². The molecule has 3 N–H and O–H groups in total. The molecule has 2 heterocycles. The normalized spacial score (nSPS) is 22.6. The number of hydrogen-bond acceptors (Lipinski definition) is 5. The van der Waals surface area contributed by atoms with Crippen molar-refractivity contribution in [3.8, 4) is 0 Å². The SMILES string of the molecule is CN=C(NCC1COCCO1)NCC(C)(O)c1ccco1. The van der Waals surface area contributed by atoms with Gasteiger partial charge in [-0.15, -0.1) is 0 Å². The Hall–Kier alpha value is -1.57. The maximum Gasteiger partial charge on any atom is 0.191 e. The number of furan rings is 1. The standard InChI is InChI=1S/C14H23N3O4/c1-14(18,12-4-3-5-21-12)10-17-13(15-2)16-8-11-9-19-6-7-20-11/h3-5,11,18H,6-10H2,1-2H3,(H2,15,16,17). The monoisotopic (exact) mass is 297 g/mol. The Kier molecular flexibility index (Phi) is 5.60. The zero-order valence-corrected chi connectivity index (χ0v) is 12.5. The molecule has 1 fully saturated rings. The van der Waals surface area contributed by atoms with E-state index in [2.05, 4.69) is 15.6 Å². The van der Waals surface area contributed by atoms with Crippen LogP contribution in [0.3, 0.4) is 0 Å². The second-order valence-corrected chi connectivity index (χ2v) is 5.13. The molecule has 0 aromatic carbocycles. The van der Waals surface area contributed by atoms with Crippen LogP contribution in [-0.2, 0) is 15.1 Å². The Labute approximate surface area is 124 Å². The van der Waals surface area contributed by atoms with Gasteiger partial charge < -0.3 is 29.6 Å². The fourth-order valence-electron chi connectivity index (χ4n) is 2.01. The van der Waals surface area contributed by atoms with Crippen molar-refractivity contribution < 1.29 is 19.0 Å². The predicted octanol–water partition coefficient (Wildman–Crippen LogP) is 0.0675. The third-order valence-electron chi connectivity index (χ3n) is 3.26. The lowest BCUT2D eigenvalue weighted by atomic mass is 10.0. The fourth-order valence-corrected chi connectivity index (χ4v) is 2.01. The van der Waals surface area contributed by atoms with Crippen LogP contribution in [-0.4, -0.2) is 57.1 Å². The smallest absolute Gasteiger partial charge is 0.191 e. The van der Waals surface area contributed by atoms with Gasteiger partial charge in [-0.2, -0.15) is 0 Å². The van der Waals surface area contributed by atoms with Gasteiger partial charge in [0.15, 0.2) is 5.96 Å². The first-order chi connectivity index (χ1) is 10.1. The Morgan fingerprint density at radius 3 is 2.95 bits per heavy atom. The molecular formula is C14H23N3O4. The molecule has 7 heteroatoms. The van der Waals surface area contributed by atoms with E-state index in [0.717, 1.165) is 0 Å². The van der Waals surface area contributed by atoms with Gasteiger partial charge in [0.2, 0.25) is 0 Å². The predicted molar refractivity (Wildman–Crippen MR) is 78.2 cm³/mol. The van der Waals surface area contributed by atoms with Crippen molar-refractivity contribution >= 4 is 5.96 Å². The molecular weight excluding hydrogens is 274 g/mol. The maximum absolute atomic E-state index is 10.4. The van der Waals surface area contributed by atoms with E-state index >= 15 is 0 Å². The van der Waals surface area contributed by atoms with Gasteiger partial charge in [-0.05, 0) is 19.1 Å². The van der Waals surface area contributed by atoms with E-state index in [9.17, 15) is 5.11 Å². The van der Waals surface area contributed by atoms with Gasteiger partial charge in [0.05, 0.1) is 38.7 Å². The Morgan fingerprint density at radius 2 is 2.33 bits per heavy atom. The first-order valence-electron chi connectivity index (χ1n) is 7.02. The number of guanidine groups is 1. The van der Waals surface area contributed by atoms with Crippen molar-refractivity contribution in [2.45, 2.75) is 18.6 Å². The molecule has 0 saturated carbocycles. The average molecular weight is 297 g/mol. The number of aliphatic imine (C=N–C) groups is 1. The van der Waals surface area contributed by atoms with E-state index in [-0.39, 0.29) is 12.6 Å². The molecule has 1 aliphatic rings. The van der Waals surface area contributed by atoms with Crippen LogP contribution in [0.15, 0.2) is 27.8 Å². The lowest BCUT2D eigenvalue weighted by Gasteiger charge is -2.25. The molecule has 1 saturated heterocycles. The first kappa shape index (κ1) is 15.8. The molecule has 7 nitrogen and oxygen atoms in total. The van der Waals surface area contributed by atoms with Gasteiger partial charge in [0, 0.05) is 13.6 Å². The molecule has 0 spiro atoms. The Bertz CT molecular complexity index is 439. The van der Waals surface area contributed by atoms with Crippen molar-refractivity contribution in [2.75, 3.05) is 40.0 Å². The number of rotatable bonds is 5. The summed E-state index contributed by atoms with van der Waals surface area (Å²) in [6, 6.07) is 3.49. The summed E-state index contributed by atoms with van der Waals surface area (Å²) in [6.07, 6.45) is 1.56. The summed E-state index contributed by atoms with van der Waals surface area (Å²) in [5.41, 5.74) is -1.11. The number of aliphatic hydroxyl groups is 1. The summed E-state index contributed by atoms with van der Waals surface area (Å²) in [6.45, 7) is 4.41. The van der Waals surface area contributed by atoms with Crippen LogP contribution in [0.5, 0.6) is 0 Å². The number of nitrogens with zero attached hydrogens (tertiary/aromatic N) is 1. The van der Waals surface area contributed by atoms with E-state index in [4.69, 9.17) is 13.9 Å². The molecule has 1 aliphatic heterocycles. The van der Waals surface area contributed by atoms with Gasteiger partial charge in [0.25, 0.3) is 0 Å². The van der Waals surface area contributed by atoms with Crippen LogP contribution in [0.25, 0.3) is 0 Å². The van der Waals surface area contributed by atoms with E-state index in [1.165, 1.54) is 6.26 Å². The summed E-state index contributed by atoms with van der Waals surface area (Å²) < 4.78 is 16.1. The minimum Gasteiger partial charge on any atom is -0.466 e. The van der Waals surface area contributed by atoms with E-state index < -0.39 is 5.60 Å². The highest BCUT2D eigenvalue weighted by molar-refractivity contribution is 5.79. The third-order valence-corrected chi connectivity index (χ3v) is 3.26. The zero-order valence-electron chi connectivity index (χ0n) is 12.5. The van der Waals surface area contributed by atoms with Gasteiger partial charge in [0.1, 0.15) is 11.4 Å². The lowest BCUT2D eigenvalue weighted by molar-refractivity contribution is -0.0850. The van der Waals surface area contributed by atoms with Crippen molar-refractivity contribution in [1.82, 2.24) is 10.6 Å². The third kappa shape index (κ3) is 4.73. The summed E-state index contributed by atoms with van der Waals surface area (Å²) in [7, 11) is 1.68. The van der Waals surface area contributed by atoms with Crippen LogP contribution in [0.4, 0.5) is 0 Å². The molecule has 0 radical (unpaired) electrons. The molecule has 0 bridgehead atoms. The topological polar surface area (TPSA) is 88.3 Å². The van der Waals surface area contributed by atoms with E-state index in [1.807, 2.05) is 0 Å². The second-order valence-electron chi connectivity index (χ2n) is 5.13. The van der Waals surface area contributed by atoms with Crippen LogP contribution < -0.4 is 10.6 Å². The van der Waals surface area contributed by atoms with E-state index in [1.54, 1.807) is 26.1 Å². The molecule has 21 heavy (non-hydrogen) atoms. The van der Waals surface area contributed by atoms with Gasteiger partial charge >= 0.3 is 0 Å². The van der Waals surface area contributed by atoms with Crippen molar-refractivity contribution in [2.24, 2.45) is 4.99 Å². The Balaban J connectivity index is 1.77. The van der Waals surface area contributed by atoms with Gasteiger partial charge in [-0.3, -0.25) is 4.99 Å². The van der Waals surface area contributed by atoms with Crippen LogP contribution in [0.2, 0.25) is 0 Å². The summed E-state index contributed by atoms with van der Waals surface area (Å²) in [4.78, 5) is 4.11. The minimum atomic E-state index is -1.11. The first-order valence-corrected chi connectivity index (χ1v) is 7.02. The highest BCUT2D eigenvalue weighted by Gasteiger charge is 2.26. The van der Waals surface area contributed by atoms with Crippen molar-refractivity contribution in [1.29, 1.82) is 0 Å². The fraction of sp³-hybridized carbons (Fsp3) is 0.643. The second kappa shape index (κ2) is 7.44. The number of hydrogen-bond donors (Lipinski definition) is 3. The van der Waals surface area contributed by atoms with E-state index in [0.29, 0.717) is 38.1 Å². The average Bonchev–Trinajstić information content (AvgIpc) is 3.03. The molecule has 1 aromatic rings. The number of nitrogens with one attached hydrogen (secondary N) is 2. The molecule has 2 rings (SSSR count). The Morgan fingerprint density at radius 1 is 1.48 bits per heavy atom. The zero-order chi connectivity index (χ0) is 15.1. The molecule has 0 amide bonds. The summed E-state index contributed by atoms with van der Waals surface area (Å²) >= 11 is 0. The number of ether oxygens (including phenoxy) is 2. The van der Waals surface area contributed by atoms with Crippen LogP contribution in [0, 0.1) is 0 Å². The molecule has 2 unspecified atom stereocenters. The highest BCUT2D eigenvalue weighted by Crippen LogP contribution is 2.19. The summed E-state index contributed by atoms with van der Waals surface area (Å²) in [5.74, 6) is 1.10. The van der Waals surface area contributed by atoms with Crippen molar-refractivity contribution in [3.63, 3.8) is 0 Å². The van der Waals surface area contributed by atoms with Gasteiger partial charge in [-0.25, -0.2) is 0 Å². The largest absolute Gasteiger partial charge is 0.466 e. The summed E-state index contributed by atoms with van der Waals surface area (Å²) in [5, 5.41) is 16.6. The highest BCUT2D eigenvalue weighted by atomic mass is 16.6. The molecule has 0 aliphatic carbocycles. The van der Waals surface area contributed by atoms with Crippen molar-refractivity contribution in [3.05, 3.63) is 24.2 Å². The molecule has 1 aromatic heterocycles. The quantitative estimate of drug-likeness (QED) is 0.526. The van der Waals surface area contributed by atoms with Crippen LogP contribution in [0.1, 0.15) is 12.7 Å². The maximum atomic E-state index is 10.4. The molecule has 118 valence electrons. The van der Waals surface area contributed by atoms with Gasteiger partial charge in [-0.1, -0.05) is 0 Å². The lowest BCUT2D eigenvalue weighted by Crippen LogP contribution is -2.48.